The molecule has 0 atom stereocenters. The van der Waals surface area contributed by atoms with Crippen LogP contribution in [0.25, 0.3) is 21.9 Å². The Morgan fingerprint density at radius 1 is 0.781 bits per heavy atom. The maximum atomic E-state index is 9.51. The summed E-state index contributed by atoms with van der Waals surface area (Å²) >= 11 is 0. The molecular weight excluding hydrogens is 391 g/mol. The second-order valence-electron chi connectivity index (χ2n) is 11.0. The van der Waals surface area contributed by atoms with Crippen molar-refractivity contribution in [3.63, 3.8) is 0 Å². The highest BCUT2D eigenvalue weighted by molar-refractivity contribution is 6.46. The molecule has 0 heterocycles. The second kappa shape index (κ2) is 8.04. The lowest BCUT2D eigenvalue weighted by molar-refractivity contribution is -0.00558. The van der Waals surface area contributed by atoms with Crippen LogP contribution in [-0.4, -0.2) is 24.2 Å². The van der Waals surface area contributed by atoms with Crippen LogP contribution in [0.5, 0.6) is 0 Å². The molecule has 0 aromatic heterocycles. The number of aliphatic hydroxyl groups excluding tert-OH is 1. The molecule has 2 nitrogen and oxygen atoms in total. The zero-order chi connectivity index (χ0) is 21.7. The number of hydrogen-bond donors (Lipinski definition) is 2. The third kappa shape index (κ3) is 3.51. The largest absolute Gasteiger partial charge is 0.449 e. The number of aryl methyl sites for hydroxylation is 1. The molecule has 7 rings (SSSR count). The van der Waals surface area contributed by atoms with Crippen LogP contribution in [0, 0.1) is 17.8 Å². The van der Waals surface area contributed by atoms with Gasteiger partial charge in [0, 0.05) is 6.61 Å². The number of aliphatic hydroxyl groups is 1. The molecule has 2 N–H and O–H groups in total. The van der Waals surface area contributed by atoms with E-state index >= 15 is 0 Å². The molecule has 3 aromatic carbocycles. The van der Waals surface area contributed by atoms with Crippen molar-refractivity contribution in [2.24, 2.45) is 17.8 Å². The summed E-state index contributed by atoms with van der Waals surface area (Å²) in [5.41, 5.74) is 6.98. The fourth-order valence-corrected chi connectivity index (χ4v) is 7.75. The van der Waals surface area contributed by atoms with E-state index in [-0.39, 0.29) is 14.1 Å². The van der Waals surface area contributed by atoms with E-state index in [1.807, 2.05) is 6.07 Å². The lowest BCUT2D eigenvalue weighted by Gasteiger charge is -2.57. The van der Waals surface area contributed by atoms with Gasteiger partial charge in [0.15, 0.2) is 0 Å². The van der Waals surface area contributed by atoms with E-state index in [4.69, 9.17) is 0 Å². The van der Waals surface area contributed by atoms with Gasteiger partial charge in [0.2, 0.25) is 0 Å². The molecule has 0 spiro atoms. The second-order valence-corrected chi connectivity index (χ2v) is 11.0. The highest BCUT2D eigenvalue weighted by Crippen LogP contribution is 2.61. The molecular formula is C29H33BO2. The topological polar surface area (TPSA) is 40.5 Å². The SMILES string of the molecule is OBc1ccc2cc(-c3ccc(CCCO)c(C45CC6CC(CC(C6)C4)C5)c3)ccc2c1. The number of fused-ring (bicyclic) bond motifs is 1. The van der Waals surface area contributed by atoms with Crippen LogP contribution in [0.2, 0.25) is 0 Å². The van der Waals surface area contributed by atoms with E-state index in [1.54, 1.807) is 5.56 Å². The Bertz CT molecular complexity index is 1120. The summed E-state index contributed by atoms with van der Waals surface area (Å²) in [4.78, 5) is 0. The van der Waals surface area contributed by atoms with Crippen molar-refractivity contribution < 1.29 is 10.1 Å². The summed E-state index contributed by atoms with van der Waals surface area (Å²) in [6.07, 6.45) is 10.3. The van der Waals surface area contributed by atoms with Crippen molar-refractivity contribution in [2.45, 2.75) is 56.8 Å². The average molecular weight is 424 g/mol. The standard InChI is InChI=1S/C29H33BO2/c31-9-1-2-22-3-4-26(23-5-6-25-14-27(30-32)8-7-24(25)13-23)15-28(22)29-16-19-10-20(17-29)12-21(11-19)18-29/h3-8,13-15,19-21,30-32H,1-2,9-12,16-18H2. The van der Waals surface area contributed by atoms with Crippen molar-refractivity contribution in [1.82, 2.24) is 0 Å². The zero-order valence-corrected chi connectivity index (χ0v) is 18.9. The average Bonchev–Trinajstić information content (AvgIpc) is 2.81. The number of benzene rings is 3. The summed E-state index contributed by atoms with van der Waals surface area (Å²) in [6, 6.07) is 20.1. The molecule has 4 aliphatic rings. The van der Waals surface area contributed by atoms with E-state index in [1.165, 1.54) is 66.0 Å². The molecule has 32 heavy (non-hydrogen) atoms. The van der Waals surface area contributed by atoms with Gasteiger partial charge in [0.05, 0.1) is 0 Å². The van der Waals surface area contributed by atoms with Crippen LogP contribution < -0.4 is 5.46 Å². The third-order valence-corrected chi connectivity index (χ3v) is 8.74. The summed E-state index contributed by atoms with van der Waals surface area (Å²) in [5, 5.41) is 21.4. The molecule has 0 unspecified atom stereocenters. The smallest absolute Gasteiger partial charge is 0.304 e. The molecule has 4 bridgehead atoms. The Balaban J connectivity index is 1.43. The Labute approximate surface area is 192 Å². The van der Waals surface area contributed by atoms with E-state index in [2.05, 4.69) is 48.5 Å². The first kappa shape index (κ1) is 20.5. The Morgan fingerprint density at radius 3 is 2.09 bits per heavy atom. The molecule has 164 valence electrons. The van der Waals surface area contributed by atoms with Gasteiger partial charge in [-0.3, -0.25) is 0 Å². The van der Waals surface area contributed by atoms with Crippen LogP contribution in [-0.2, 0) is 11.8 Å². The molecule has 0 amide bonds. The fourth-order valence-electron chi connectivity index (χ4n) is 7.75. The first-order valence-corrected chi connectivity index (χ1v) is 12.5. The zero-order valence-electron chi connectivity index (χ0n) is 18.9. The van der Waals surface area contributed by atoms with Crippen molar-refractivity contribution in [1.29, 1.82) is 0 Å². The van der Waals surface area contributed by atoms with Gasteiger partial charge in [0.25, 0.3) is 0 Å². The van der Waals surface area contributed by atoms with Gasteiger partial charge < -0.3 is 10.1 Å². The molecule has 0 aliphatic heterocycles. The van der Waals surface area contributed by atoms with E-state index < -0.39 is 0 Å². The fraction of sp³-hybridized carbons (Fsp3) is 0.448. The van der Waals surface area contributed by atoms with E-state index in [0.29, 0.717) is 5.41 Å². The maximum absolute atomic E-state index is 9.51. The van der Waals surface area contributed by atoms with Crippen molar-refractivity contribution in [3.05, 3.63) is 65.7 Å². The van der Waals surface area contributed by atoms with Gasteiger partial charge in [-0.1, -0.05) is 54.0 Å². The minimum absolute atomic E-state index is 0.0847. The van der Waals surface area contributed by atoms with Gasteiger partial charge >= 0.3 is 7.48 Å². The monoisotopic (exact) mass is 424 g/mol. The summed E-state index contributed by atoms with van der Waals surface area (Å²) in [5.74, 6) is 2.78. The first-order valence-electron chi connectivity index (χ1n) is 12.5. The molecule has 0 radical (unpaired) electrons. The van der Waals surface area contributed by atoms with Gasteiger partial charge in [-0.05, 0) is 114 Å². The lowest BCUT2D eigenvalue weighted by Crippen LogP contribution is -2.49. The molecule has 4 fully saturated rings. The van der Waals surface area contributed by atoms with Crippen molar-refractivity contribution in [2.75, 3.05) is 6.61 Å². The predicted octanol–water partition coefficient (Wildman–Crippen LogP) is 4.87. The normalized spacial score (nSPS) is 28.4. The van der Waals surface area contributed by atoms with Crippen LogP contribution in [0.1, 0.15) is 56.1 Å². The molecule has 0 saturated heterocycles. The summed E-state index contributed by atoms with van der Waals surface area (Å²) < 4.78 is 0. The van der Waals surface area contributed by atoms with Gasteiger partial charge in [0.1, 0.15) is 0 Å². The predicted molar refractivity (Wildman–Crippen MR) is 134 cm³/mol. The first-order chi connectivity index (χ1) is 15.7. The summed E-state index contributed by atoms with van der Waals surface area (Å²) in [7, 11) is 0.0847. The van der Waals surface area contributed by atoms with Gasteiger partial charge in [-0.25, -0.2) is 0 Å². The van der Waals surface area contributed by atoms with E-state index in [0.717, 1.165) is 36.1 Å². The van der Waals surface area contributed by atoms with E-state index in [9.17, 15) is 10.1 Å². The minimum Gasteiger partial charge on any atom is -0.449 e. The van der Waals surface area contributed by atoms with Gasteiger partial charge in [-0.2, -0.15) is 0 Å². The highest BCUT2D eigenvalue weighted by atomic mass is 16.2. The molecule has 3 heteroatoms. The van der Waals surface area contributed by atoms with Gasteiger partial charge in [-0.15, -0.1) is 0 Å². The summed E-state index contributed by atoms with van der Waals surface area (Å²) in [6.45, 7) is 0.266. The Hall–Kier alpha value is -2.10. The van der Waals surface area contributed by atoms with Crippen LogP contribution in [0.15, 0.2) is 54.6 Å². The van der Waals surface area contributed by atoms with Crippen molar-refractivity contribution >= 4 is 23.7 Å². The van der Waals surface area contributed by atoms with Crippen LogP contribution in [0.3, 0.4) is 0 Å². The molecule has 4 saturated carbocycles. The number of hydrogen-bond acceptors (Lipinski definition) is 2. The van der Waals surface area contributed by atoms with Crippen molar-refractivity contribution in [3.8, 4) is 11.1 Å². The quantitative estimate of drug-likeness (QED) is 0.555. The Morgan fingerprint density at radius 2 is 1.41 bits per heavy atom. The minimum atomic E-state index is 0.0847. The third-order valence-electron chi connectivity index (χ3n) is 8.74. The number of rotatable bonds is 6. The van der Waals surface area contributed by atoms with Crippen LogP contribution in [0.4, 0.5) is 0 Å². The highest BCUT2D eigenvalue weighted by Gasteiger charge is 2.52. The maximum Gasteiger partial charge on any atom is 0.304 e. The molecule has 3 aromatic rings. The Kier molecular flexibility index (Phi) is 5.15. The molecule has 4 aliphatic carbocycles. The van der Waals surface area contributed by atoms with Crippen LogP contribution >= 0.6 is 0 Å². The lowest BCUT2D eigenvalue weighted by atomic mass is 9.47.